The molecule has 2 heterocycles. The van der Waals surface area contributed by atoms with Crippen molar-refractivity contribution in [3.8, 4) is 0 Å². The van der Waals surface area contributed by atoms with E-state index in [0.717, 1.165) is 30.8 Å². The zero-order chi connectivity index (χ0) is 22.8. The molecule has 172 valence electrons. The lowest BCUT2D eigenvalue weighted by atomic mass is 9.96. The van der Waals surface area contributed by atoms with Gasteiger partial charge in [-0.2, -0.15) is 0 Å². The number of aromatic nitrogens is 2. The van der Waals surface area contributed by atoms with E-state index in [-0.39, 0.29) is 17.9 Å². The van der Waals surface area contributed by atoms with Crippen LogP contribution in [0, 0.1) is 0 Å². The van der Waals surface area contributed by atoms with Gasteiger partial charge in [-0.05, 0) is 43.4 Å². The highest BCUT2D eigenvalue weighted by atomic mass is 35.5. The molecule has 4 rings (SSSR count). The molecule has 0 spiro atoms. The van der Waals surface area contributed by atoms with Gasteiger partial charge in [0, 0.05) is 54.5 Å². The van der Waals surface area contributed by atoms with Gasteiger partial charge in [0.15, 0.2) is 0 Å². The van der Waals surface area contributed by atoms with E-state index in [1.54, 1.807) is 6.33 Å². The van der Waals surface area contributed by atoms with Gasteiger partial charge in [0.05, 0.1) is 5.92 Å². The Hall–Kier alpha value is -2.18. The lowest BCUT2D eigenvalue weighted by Gasteiger charge is -2.42. The van der Waals surface area contributed by atoms with Crippen molar-refractivity contribution in [3.05, 3.63) is 52.4 Å². The minimum Gasteiger partial charge on any atom is -0.350 e. The number of nitrogens with one attached hydrogen (secondary N) is 1. The summed E-state index contributed by atoms with van der Waals surface area (Å²) in [6.07, 6.45) is 3.87. The Morgan fingerprint density at radius 3 is 2.62 bits per heavy atom. The van der Waals surface area contributed by atoms with Gasteiger partial charge in [-0.15, -0.1) is 0 Å². The summed E-state index contributed by atoms with van der Waals surface area (Å²) < 4.78 is 0. The fourth-order valence-corrected chi connectivity index (χ4v) is 5.07. The maximum absolute atomic E-state index is 13.6. The Kier molecular flexibility index (Phi) is 7.01. The summed E-state index contributed by atoms with van der Waals surface area (Å²) in [6, 6.07) is 8.18. The van der Waals surface area contributed by atoms with Crippen LogP contribution in [0.2, 0.25) is 5.02 Å². The predicted molar refractivity (Wildman–Crippen MR) is 129 cm³/mol. The normalized spacial score (nSPS) is 21.7. The molecule has 1 saturated heterocycles. The summed E-state index contributed by atoms with van der Waals surface area (Å²) in [5.41, 5.74) is 3.50. The molecule has 6 nitrogen and oxygen atoms in total. The zero-order valence-electron chi connectivity index (χ0n) is 19.5. The molecule has 0 bridgehead atoms. The minimum atomic E-state index is -0.225. The minimum absolute atomic E-state index is 0.174. The number of hydrogen-bond donors (Lipinski definition) is 1. The number of carbonyl (C=O) groups excluding carboxylic acids is 1. The van der Waals surface area contributed by atoms with Gasteiger partial charge in [0.1, 0.15) is 12.1 Å². The van der Waals surface area contributed by atoms with Crippen LogP contribution in [0.15, 0.2) is 30.6 Å². The third kappa shape index (κ3) is 4.76. The first-order valence-electron chi connectivity index (χ1n) is 11.7. The van der Waals surface area contributed by atoms with Crippen LogP contribution < -0.4 is 10.2 Å². The molecule has 32 heavy (non-hydrogen) atoms. The molecule has 0 saturated carbocycles. The fourth-order valence-electron chi connectivity index (χ4n) is 4.94. The van der Waals surface area contributed by atoms with Crippen molar-refractivity contribution >= 4 is 23.3 Å². The Morgan fingerprint density at radius 1 is 1.19 bits per heavy atom. The molecule has 1 aromatic heterocycles. The predicted octanol–water partition coefficient (Wildman–Crippen LogP) is 4.00. The number of hydrogen-bond acceptors (Lipinski definition) is 5. The summed E-state index contributed by atoms with van der Waals surface area (Å²) in [6.45, 7) is 11.5. The van der Waals surface area contributed by atoms with Crippen LogP contribution in [0.1, 0.15) is 62.8 Å². The molecule has 3 atom stereocenters. The van der Waals surface area contributed by atoms with E-state index in [1.165, 1.54) is 11.3 Å². The van der Waals surface area contributed by atoms with E-state index >= 15 is 0 Å². The number of aryl methyl sites for hydroxylation is 1. The summed E-state index contributed by atoms with van der Waals surface area (Å²) in [4.78, 5) is 27.2. The number of halogens is 1. The Morgan fingerprint density at radius 2 is 1.94 bits per heavy atom. The molecular weight excluding hydrogens is 422 g/mol. The first-order chi connectivity index (χ1) is 15.3. The van der Waals surface area contributed by atoms with Gasteiger partial charge in [0.2, 0.25) is 5.91 Å². The number of rotatable bonds is 6. The van der Waals surface area contributed by atoms with Crippen LogP contribution in [0.25, 0.3) is 0 Å². The van der Waals surface area contributed by atoms with Crippen LogP contribution in [-0.2, 0) is 11.2 Å². The number of piperazine rings is 1. The van der Waals surface area contributed by atoms with Crippen molar-refractivity contribution in [1.29, 1.82) is 0 Å². The number of amides is 1. The van der Waals surface area contributed by atoms with Crippen molar-refractivity contribution in [1.82, 2.24) is 20.2 Å². The third-order valence-corrected chi connectivity index (χ3v) is 7.02. The Labute approximate surface area is 196 Å². The highest BCUT2D eigenvalue weighted by molar-refractivity contribution is 6.30. The number of fused-ring (bicyclic) bond motifs is 1. The molecular formula is C25H34ClN5O. The molecule has 1 aliphatic carbocycles. The second kappa shape index (κ2) is 9.75. The molecule has 7 heteroatoms. The lowest BCUT2D eigenvalue weighted by Crippen LogP contribution is -2.55. The molecule has 2 aromatic rings. The van der Waals surface area contributed by atoms with Crippen LogP contribution in [0.3, 0.4) is 0 Å². The molecule has 0 radical (unpaired) electrons. The molecule has 1 amide bonds. The van der Waals surface area contributed by atoms with Crippen molar-refractivity contribution in [3.63, 3.8) is 0 Å². The second-order valence-corrected chi connectivity index (χ2v) is 9.93. The van der Waals surface area contributed by atoms with E-state index in [2.05, 4.69) is 47.9 Å². The van der Waals surface area contributed by atoms with Gasteiger partial charge in [-0.25, -0.2) is 9.97 Å². The van der Waals surface area contributed by atoms with Crippen LogP contribution in [-0.4, -0.2) is 59.0 Å². The van der Waals surface area contributed by atoms with Gasteiger partial charge in [-0.1, -0.05) is 44.5 Å². The molecule has 1 N–H and O–H groups in total. The van der Waals surface area contributed by atoms with Gasteiger partial charge < -0.3 is 15.1 Å². The topological polar surface area (TPSA) is 61.4 Å². The number of nitrogens with zero attached hydrogens (tertiary/aromatic N) is 4. The van der Waals surface area contributed by atoms with Gasteiger partial charge in [0.25, 0.3) is 0 Å². The average Bonchev–Trinajstić information content (AvgIpc) is 3.16. The van der Waals surface area contributed by atoms with E-state index < -0.39 is 0 Å². The molecule has 1 aliphatic heterocycles. The summed E-state index contributed by atoms with van der Waals surface area (Å²) in [5, 5.41) is 4.14. The summed E-state index contributed by atoms with van der Waals surface area (Å²) in [7, 11) is 0. The van der Waals surface area contributed by atoms with E-state index in [4.69, 9.17) is 11.6 Å². The maximum atomic E-state index is 13.6. The standard InChI is InChI=1S/C25H34ClN5O/c1-16(2)27-13-21(19-6-8-20(26)9-7-19)25(32)30-11-12-31(18(4)14-30)24-23-17(3)5-10-22(23)28-15-29-24/h6-9,15-18,21,27H,5,10-14H2,1-4H3. The van der Waals surface area contributed by atoms with E-state index in [0.29, 0.717) is 36.6 Å². The van der Waals surface area contributed by atoms with Crippen molar-refractivity contribution in [2.75, 3.05) is 31.1 Å². The first-order valence-corrected chi connectivity index (χ1v) is 12.1. The molecule has 1 aromatic carbocycles. The highest BCUT2D eigenvalue weighted by Gasteiger charge is 2.35. The van der Waals surface area contributed by atoms with Crippen LogP contribution in [0.5, 0.6) is 0 Å². The maximum Gasteiger partial charge on any atom is 0.231 e. The lowest BCUT2D eigenvalue weighted by molar-refractivity contribution is -0.133. The monoisotopic (exact) mass is 455 g/mol. The SMILES string of the molecule is CC(C)NCC(C(=O)N1CCN(c2ncnc3c2C(C)CC3)C(C)C1)c1ccc(Cl)cc1. The quantitative estimate of drug-likeness (QED) is 0.713. The largest absolute Gasteiger partial charge is 0.350 e. The Balaban J connectivity index is 1.51. The smallest absolute Gasteiger partial charge is 0.231 e. The first kappa shape index (κ1) is 23.0. The summed E-state index contributed by atoms with van der Waals surface area (Å²) in [5.74, 6) is 1.50. The van der Waals surface area contributed by atoms with E-state index in [9.17, 15) is 4.79 Å². The van der Waals surface area contributed by atoms with Gasteiger partial charge in [-0.3, -0.25) is 4.79 Å². The average molecular weight is 456 g/mol. The van der Waals surface area contributed by atoms with Crippen molar-refractivity contribution in [2.24, 2.45) is 0 Å². The Bertz CT molecular complexity index is 948. The number of anilines is 1. The zero-order valence-corrected chi connectivity index (χ0v) is 20.3. The fraction of sp³-hybridized carbons (Fsp3) is 0.560. The highest BCUT2D eigenvalue weighted by Crippen LogP contribution is 2.38. The van der Waals surface area contributed by atoms with Crippen molar-refractivity contribution in [2.45, 2.75) is 64.5 Å². The third-order valence-electron chi connectivity index (χ3n) is 6.76. The van der Waals surface area contributed by atoms with Crippen molar-refractivity contribution < 1.29 is 4.79 Å². The molecule has 2 aliphatic rings. The number of carbonyl (C=O) groups is 1. The summed E-state index contributed by atoms with van der Waals surface area (Å²) >= 11 is 6.09. The van der Waals surface area contributed by atoms with Crippen LogP contribution >= 0.6 is 11.6 Å². The van der Waals surface area contributed by atoms with E-state index in [1.807, 2.05) is 29.2 Å². The van der Waals surface area contributed by atoms with Gasteiger partial charge >= 0.3 is 0 Å². The number of benzene rings is 1. The molecule has 3 unspecified atom stereocenters. The second-order valence-electron chi connectivity index (χ2n) is 9.49. The van der Waals surface area contributed by atoms with Crippen LogP contribution in [0.4, 0.5) is 5.82 Å². The molecule has 1 fully saturated rings.